The van der Waals surface area contributed by atoms with E-state index in [0.29, 0.717) is 6.54 Å². The maximum absolute atomic E-state index is 5.54. The van der Waals surface area contributed by atoms with Crippen molar-refractivity contribution < 1.29 is 4.74 Å². The standard InChI is InChI=1S/C12H15NO/c13-9-10-1-3-11(4-2-10)12-5-7-14-8-6-12/h1-5H,6-9,13H2. The Hall–Kier alpha value is -1.12. The van der Waals surface area contributed by atoms with Crippen LogP contribution in [-0.2, 0) is 11.3 Å². The van der Waals surface area contributed by atoms with Crippen LogP contribution in [0.15, 0.2) is 30.3 Å². The highest BCUT2D eigenvalue weighted by Crippen LogP contribution is 2.21. The number of ether oxygens (including phenoxy) is 1. The molecule has 0 amide bonds. The van der Waals surface area contributed by atoms with Crippen molar-refractivity contribution in [3.8, 4) is 0 Å². The minimum Gasteiger partial charge on any atom is -0.377 e. The molecule has 14 heavy (non-hydrogen) atoms. The Morgan fingerprint density at radius 2 is 2.00 bits per heavy atom. The van der Waals surface area contributed by atoms with Crippen LogP contribution < -0.4 is 5.73 Å². The van der Waals surface area contributed by atoms with Gasteiger partial charge in [-0.2, -0.15) is 0 Å². The van der Waals surface area contributed by atoms with E-state index in [1.165, 1.54) is 16.7 Å². The number of rotatable bonds is 2. The smallest absolute Gasteiger partial charge is 0.0653 e. The normalized spacial score (nSPS) is 16.5. The molecule has 0 fully saturated rings. The molecule has 74 valence electrons. The first-order valence-electron chi connectivity index (χ1n) is 4.96. The van der Waals surface area contributed by atoms with E-state index >= 15 is 0 Å². The highest BCUT2D eigenvalue weighted by molar-refractivity contribution is 5.66. The van der Waals surface area contributed by atoms with Crippen molar-refractivity contribution >= 4 is 5.57 Å². The first-order valence-corrected chi connectivity index (χ1v) is 4.96. The fourth-order valence-corrected chi connectivity index (χ4v) is 1.64. The lowest BCUT2D eigenvalue weighted by Gasteiger charge is -2.13. The van der Waals surface area contributed by atoms with Gasteiger partial charge in [0.25, 0.3) is 0 Å². The Morgan fingerprint density at radius 1 is 1.21 bits per heavy atom. The summed E-state index contributed by atoms with van der Waals surface area (Å²) in [7, 11) is 0. The van der Waals surface area contributed by atoms with Crippen molar-refractivity contribution in [1.82, 2.24) is 0 Å². The van der Waals surface area contributed by atoms with Gasteiger partial charge in [0.2, 0.25) is 0 Å². The molecule has 1 aromatic carbocycles. The second-order valence-corrected chi connectivity index (χ2v) is 3.46. The van der Waals surface area contributed by atoms with Crippen molar-refractivity contribution in [3.63, 3.8) is 0 Å². The van der Waals surface area contributed by atoms with Gasteiger partial charge in [-0.15, -0.1) is 0 Å². The molecule has 0 atom stereocenters. The van der Waals surface area contributed by atoms with Gasteiger partial charge >= 0.3 is 0 Å². The summed E-state index contributed by atoms with van der Waals surface area (Å²) < 4.78 is 5.27. The van der Waals surface area contributed by atoms with Gasteiger partial charge in [-0.1, -0.05) is 30.3 Å². The Morgan fingerprint density at radius 3 is 2.57 bits per heavy atom. The first kappa shape index (κ1) is 9.44. The molecule has 2 heteroatoms. The fraction of sp³-hybridized carbons (Fsp3) is 0.333. The third kappa shape index (κ3) is 2.03. The number of hydrogen-bond acceptors (Lipinski definition) is 2. The van der Waals surface area contributed by atoms with Gasteiger partial charge in [0.05, 0.1) is 13.2 Å². The summed E-state index contributed by atoms with van der Waals surface area (Å²) in [6.07, 6.45) is 3.17. The molecule has 2 nitrogen and oxygen atoms in total. The maximum atomic E-state index is 5.54. The van der Waals surface area contributed by atoms with E-state index in [0.717, 1.165) is 19.6 Å². The summed E-state index contributed by atoms with van der Waals surface area (Å²) >= 11 is 0. The van der Waals surface area contributed by atoms with Gasteiger partial charge in [0, 0.05) is 6.54 Å². The highest BCUT2D eigenvalue weighted by atomic mass is 16.5. The molecule has 0 saturated heterocycles. The summed E-state index contributed by atoms with van der Waals surface area (Å²) in [6, 6.07) is 8.45. The molecule has 0 radical (unpaired) electrons. The van der Waals surface area contributed by atoms with Crippen LogP contribution >= 0.6 is 0 Å². The molecule has 0 unspecified atom stereocenters. The van der Waals surface area contributed by atoms with E-state index in [9.17, 15) is 0 Å². The van der Waals surface area contributed by atoms with Crippen LogP contribution in [0.3, 0.4) is 0 Å². The molecule has 1 aromatic rings. The molecule has 2 rings (SSSR count). The lowest BCUT2D eigenvalue weighted by atomic mass is 10.0. The SMILES string of the molecule is NCc1ccc(C2=CCOCC2)cc1. The van der Waals surface area contributed by atoms with Crippen LogP contribution in [0.25, 0.3) is 5.57 Å². The van der Waals surface area contributed by atoms with E-state index in [1.54, 1.807) is 0 Å². The first-order chi connectivity index (χ1) is 6.90. The second kappa shape index (κ2) is 4.40. The van der Waals surface area contributed by atoms with Crippen molar-refractivity contribution in [2.45, 2.75) is 13.0 Å². The van der Waals surface area contributed by atoms with Crippen molar-refractivity contribution in [2.24, 2.45) is 5.73 Å². The van der Waals surface area contributed by atoms with Crippen LogP contribution in [-0.4, -0.2) is 13.2 Å². The molecule has 1 aliphatic rings. The van der Waals surface area contributed by atoms with Crippen LogP contribution in [0, 0.1) is 0 Å². The van der Waals surface area contributed by atoms with Gasteiger partial charge in [-0.25, -0.2) is 0 Å². The summed E-state index contributed by atoms with van der Waals surface area (Å²) in [4.78, 5) is 0. The molecule has 1 heterocycles. The van der Waals surface area contributed by atoms with Crippen LogP contribution in [0.1, 0.15) is 17.5 Å². The minimum absolute atomic E-state index is 0.614. The molecule has 0 aliphatic carbocycles. The highest BCUT2D eigenvalue weighted by Gasteiger charge is 2.05. The third-order valence-corrected chi connectivity index (χ3v) is 2.52. The van der Waals surface area contributed by atoms with Crippen molar-refractivity contribution in [3.05, 3.63) is 41.5 Å². The molecule has 0 bridgehead atoms. The molecule has 2 N–H and O–H groups in total. The average Bonchev–Trinajstić information content (AvgIpc) is 2.30. The van der Waals surface area contributed by atoms with E-state index in [2.05, 4.69) is 30.3 Å². The summed E-state index contributed by atoms with van der Waals surface area (Å²) in [5, 5.41) is 0. The molecular weight excluding hydrogens is 174 g/mol. The zero-order chi connectivity index (χ0) is 9.80. The molecule has 0 aromatic heterocycles. The second-order valence-electron chi connectivity index (χ2n) is 3.46. The Balaban J connectivity index is 2.19. The van der Waals surface area contributed by atoms with Gasteiger partial charge in [0.15, 0.2) is 0 Å². The zero-order valence-electron chi connectivity index (χ0n) is 8.20. The monoisotopic (exact) mass is 189 g/mol. The molecule has 0 spiro atoms. The fourth-order valence-electron chi connectivity index (χ4n) is 1.64. The van der Waals surface area contributed by atoms with E-state index in [1.807, 2.05) is 0 Å². The van der Waals surface area contributed by atoms with Gasteiger partial charge in [-0.05, 0) is 23.1 Å². The zero-order valence-corrected chi connectivity index (χ0v) is 8.20. The van der Waals surface area contributed by atoms with Crippen molar-refractivity contribution in [1.29, 1.82) is 0 Å². The van der Waals surface area contributed by atoms with Crippen LogP contribution in [0.2, 0.25) is 0 Å². The number of benzene rings is 1. The lowest BCUT2D eigenvalue weighted by molar-refractivity contribution is 0.161. The number of nitrogens with two attached hydrogens (primary N) is 1. The van der Waals surface area contributed by atoms with Gasteiger partial charge in [-0.3, -0.25) is 0 Å². The van der Waals surface area contributed by atoms with E-state index < -0.39 is 0 Å². The Kier molecular flexibility index (Phi) is 2.96. The predicted molar refractivity (Wildman–Crippen MR) is 57.7 cm³/mol. The van der Waals surface area contributed by atoms with Gasteiger partial charge < -0.3 is 10.5 Å². The largest absolute Gasteiger partial charge is 0.377 e. The summed E-state index contributed by atoms with van der Waals surface area (Å²) in [5.41, 5.74) is 9.41. The topological polar surface area (TPSA) is 35.2 Å². The van der Waals surface area contributed by atoms with Crippen molar-refractivity contribution in [2.75, 3.05) is 13.2 Å². The maximum Gasteiger partial charge on any atom is 0.0653 e. The molecular formula is C12H15NO. The van der Waals surface area contributed by atoms with E-state index in [4.69, 9.17) is 10.5 Å². The quantitative estimate of drug-likeness (QED) is 0.771. The van der Waals surface area contributed by atoms with E-state index in [-0.39, 0.29) is 0 Å². The third-order valence-electron chi connectivity index (χ3n) is 2.52. The lowest BCUT2D eigenvalue weighted by Crippen LogP contribution is -2.04. The Bertz CT molecular complexity index is 327. The summed E-state index contributed by atoms with van der Waals surface area (Å²) in [5.74, 6) is 0. The minimum atomic E-state index is 0.614. The Labute approximate surface area is 84.4 Å². The molecule has 1 aliphatic heterocycles. The van der Waals surface area contributed by atoms with Crippen LogP contribution in [0.4, 0.5) is 0 Å². The predicted octanol–water partition coefficient (Wildman–Crippen LogP) is 1.95. The number of hydrogen-bond donors (Lipinski definition) is 1. The van der Waals surface area contributed by atoms with Crippen LogP contribution in [0.5, 0.6) is 0 Å². The average molecular weight is 189 g/mol. The molecule has 0 saturated carbocycles. The van der Waals surface area contributed by atoms with Gasteiger partial charge in [0.1, 0.15) is 0 Å². The summed E-state index contributed by atoms with van der Waals surface area (Å²) in [6.45, 7) is 2.20.